The zero-order chi connectivity index (χ0) is 41.8. The highest BCUT2D eigenvalue weighted by atomic mass is 35.5. The molecule has 8 heteroatoms. The van der Waals surface area contributed by atoms with E-state index in [0.29, 0.717) is 47.1 Å². The number of benzene rings is 6. The first-order valence-corrected chi connectivity index (χ1v) is 21.4. The lowest BCUT2D eigenvalue weighted by molar-refractivity contribution is -0.121. The van der Waals surface area contributed by atoms with E-state index in [1.54, 1.807) is 0 Å². The van der Waals surface area contributed by atoms with Crippen LogP contribution in [0.4, 0.5) is 11.4 Å². The van der Waals surface area contributed by atoms with E-state index in [-0.39, 0.29) is 35.2 Å². The Balaban J connectivity index is 0.000000154. The van der Waals surface area contributed by atoms with Crippen LogP contribution in [0.5, 0.6) is 0 Å². The van der Waals surface area contributed by atoms with Gasteiger partial charge in [-0.05, 0) is 94.8 Å². The number of ketones is 2. The fraction of sp³-hybridized carbons (Fsp3) is 0.231. The maximum absolute atomic E-state index is 13.7. The van der Waals surface area contributed by atoms with Crippen LogP contribution in [0.15, 0.2) is 146 Å². The molecular formula is C52H44Cl2N2O4. The molecule has 0 bridgehead atoms. The van der Waals surface area contributed by atoms with E-state index in [1.165, 1.54) is 0 Å². The molecule has 2 amide bonds. The van der Waals surface area contributed by atoms with Crippen LogP contribution in [-0.4, -0.2) is 23.4 Å². The third kappa shape index (κ3) is 6.76. The molecule has 0 radical (unpaired) electrons. The predicted octanol–water partition coefficient (Wildman–Crippen LogP) is 11.8. The Morgan fingerprint density at radius 2 is 0.917 bits per heavy atom. The Labute approximate surface area is 360 Å². The number of carbonyl (C=O) groups is 4. The van der Waals surface area contributed by atoms with E-state index < -0.39 is 10.8 Å². The molecular weight excluding hydrogens is 787 g/mol. The summed E-state index contributed by atoms with van der Waals surface area (Å²) in [7, 11) is 0. The summed E-state index contributed by atoms with van der Waals surface area (Å²) in [6, 6.07) is 47.1. The summed E-state index contributed by atoms with van der Waals surface area (Å²) < 4.78 is 0. The molecule has 2 aliphatic heterocycles. The van der Waals surface area contributed by atoms with Crippen LogP contribution in [0.2, 0.25) is 10.0 Å². The summed E-state index contributed by atoms with van der Waals surface area (Å²) >= 11 is 12.1. The van der Waals surface area contributed by atoms with Crippen molar-refractivity contribution in [2.24, 2.45) is 0 Å². The van der Waals surface area contributed by atoms with Gasteiger partial charge in [0.05, 0.1) is 23.9 Å². The summed E-state index contributed by atoms with van der Waals surface area (Å²) in [4.78, 5) is 55.4. The minimum absolute atomic E-state index is 0.117. The summed E-state index contributed by atoms with van der Waals surface area (Å²) in [6.45, 7) is 4.66. The molecule has 4 atom stereocenters. The number of hydrogen-bond donors (Lipinski definition) is 0. The van der Waals surface area contributed by atoms with Gasteiger partial charge in [-0.3, -0.25) is 19.2 Å². The first kappa shape index (κ1) is 39.6. The first-order chi connectivity index (χ1) is 29.1. The van der Waals surface area contributed by atoms with Gasteiger partial charge in [-0.15, -0.1) is 0 Å². The minimum Gasteiger partial charge on any atom is -0.307 e. The molecule has 2 fully saturated rings. The Morgan fingerprint density at radius 3 is 1.30 bits per heavy atom. The van der Waals surface area contributed by atoms with Gasteiger partial charge >= 0.3 is 0 Å². The smallest absolute Gasteiger partial charge is 0.238 e. The highest BCUT2D eigenvalue weighted by molar-refractivity contribution is 6.30. The molecule has 6 nitrogen and oxygen atoms in total. The van der Waals surface area contributed by atoms with Crippen molar-refractivity contribution < 1.29 is 19.2 Å². The van der Waals surface area contributed by atoms with Crippen LogP contribution in [0.25, 0.3) is 0 Å². The summed E-state index contributed by atoms with van der Waals surface area (Å²) in [6.07, 6.45) is 2.58. The average molecular weight is 832 g/mol. The number of Topliss-reactive ketones (excluding diaryl/α,β-unsaturated/α-hetero) is 2. The number of anilines is 2. The number of fused-ring (bicyclic) bond motifs is 4. The standard InChI is InChI=1S/2C26H22ClNO2/c2*1-2-24(29)19-7-5-6-17(14-19)16-28-23-9-4-3-8-21(23)26(25(28)30)15-22(26)18-10-12-20(27)13-11-18/h2*3-14,22H,2,15-16H2,1H3/t2*22-,26-/m10/s1. The molecule has 60 heavy (non-hydrogen) atoms. The lowest BCUT2D eigenvalue weighted by atomic mass is 9.92. The van der Waals surface area contributed by atoms with Gasteiger partial charge in [-0.2, -0.15) is 0 Å². The zero-order valence-corrected chi connectivity index (χ0v) is 35.0. The topological polar surface area (TPSA) is 74.8 Å². The Kier molecular flexibility index (Phi) is 10.3. The monoisotopic (exact) mass is 830 g/mol. The third-order valence-corrected chi connectivity index (χ3v) is 13.4. The molecule has 2 aliphatic carbocycles. The molecule has 0 N–H and O–H groups in total. The van der Waals surface area contributed by atoms with Gasteiger partial charge in [-0.25, -0.2) is 0 Å². The van der Waals surface area contributed by atoms with Gasteiger partial charge in [0.15, 0.2) is 11.6 Å². The molecule has 0 unspecified atom stereocenters. The predicted molar refractivity (Wildman–Crippen MR) is 238 cm³/mol. The van der Waals surface area contributed by atoms with Gasteiger partial charge in [0, 0.05) is 57.2 Å². The fourth-order valence-corrected chi connectivity index (χ4v) is 9.92. The number of hydrogen-bond acceptors (Lipinski definition) is 4. The third-order valence-electron chi connectivity index (χ3n) is 12.9. The number of para-hydroxylation sites is 2. The van der Waals surface area contributed by atoms with Gasteiger partial charge in [0.25, 0.3) is 0 Å². The SMILES string of the molecule is CCC(=O)c1cccc(CN2C(=O)[C@@]3(C[C@H]3c3ccc(Cl)cc3)c3ccccc32)c1.CCC(=O)c1cccc(CN2C(=O)[C@]3(C[C@@H]3c3ccc(Cl)cc3)c3ccccc32)c1. The minimum atomic E-state index is -0.485. The summed E-state index contributed by atoms with van der Waals surface area (Å²) in [5.41, 5.74) is 8.85. The van der Waals surface area contributed by atoms with Crippen molar-refractivity contribution in [3.8, 4) is 0 Å². The highest BCUT2D eigenvalue weighted by Gasteiger charge is 2.68. The van der Waals surface area contributed by atoms with Crippen molar-refractivity contribution in [2.75, 3.05) is 9.80 Å². The van der Waals surface area contributed by atoms with Crippen LogP contribution in [0.1, 0.15) is 105 Å². The molecule has 2 spiro atoms. The molecule has 0 aromatic heterocycles. The van der Waals surface area contributed by atoms with Gasteiger partial charge < -0.3 is 9.80 Å². The van der Waals surface area contributed by atoms with Crippen molar-refractivity contribution in [2.45, 2.75) is 75.3 Å². The fourth-order valence-electron chi connectivity index (χ4n) is 9.67. The van der Waals surface area contributed by atoms with E-state index >= 15 is 0 Å². The van der Waals surface area contributed by atoms with Crippen LogP contribution in [-0.2, 0) is 33.5 Å². The van der Waals surface area contributed by atoms with E-state index in [9.17, 15) is 19.2 Å². The number of nitrogens with zero attached hydrogens (tertiary/aromatic N) is 2. The summed E-state index contributed by atoms with van der Waals surface area (Å²) in [5.74, 6) is 0.868. The quantitative estimate of drug-likeness (QED) is 0.129. The summed E-state index contributed by atoms with van der Waals surface area (Å²) in [5, 5.41) is 1.41. The van der Waals surface area contributed by atoms with E-state index in [0.717, 1.165) is 57.6 Å². The lowest BCUT2D eigenvalue weighted by Crippen LogP contribution is -2.32. The van der Waals surface area contributed by atoms with Crippen LogP contribution in [0, 0.1) is 0 Å². The molecule has 0 saturated heterocycles. The van der Waals surface area contributed by atoms with Crippen molar-refractivity contribution in [1.82, 2.24) is 0 Å². The Bertz CT molecular complexity index is 2490. The average Bonchev–Trinajstić information content (AvgIpc) is 4.19. The maximum atomic E-state index is 13.7. The van der Waals surface area contributed by atoms with Crippen molar-refractivity contribution in [3.05, 3.63) is 200 Å². The molecule has 300 valence electrons. The number of halogens is 2. The number of amides is 2. The van der Waals surface area contributed by atoms with Crippen LogP contribution < -0.4 is 9.80 Å². The molecule has 10 rings (SSSR count). The maximum Gasteiger partial charge on any atom is 0.238 e. The van der Waals surface area contributed by atoms with Gasteiger partial charge in [-0.1, -0.05) is 134 Å². The van der Waals surface area contributed by atoms with Crippen molar-refractivity contribution in [3.63, 3.8) is 0 Å². The Morgan fingerprint density at radius 1 is 0.533 bits per heavy atom. The molecule has 2 saturated carbocycles. The second kappa shape index (κ2) is 15.7. The lowest BCUT2D eigenvalue weighted by Gasteiger charge is -2.19. The molecule has 6 aromatic carbocycles. The van der Waals surface area contributed by atoms with Crippen LogP contribution in [0.3, 0.4) is 0 Å². The Hall–Kier alpha value is -5.82. The second-order valence-electron chi connectivity index (χ2n) is 16.3. The van der Waals surface area contributed by atoms with E-state index in [2.05, 4.69) is 12.1 Å². The highest BCUT2D eigenvalue weighted by Crippen LogP contribution is 2.67. The second-order valence-corrected chi connectivity index (χ2v) is 17.2. The zero-order valence-electron chi connectivity index (χ0n) is 33.5. The van der Waals surface area contributed by atoms with E-state index in [4.69, 9.17) is 23.2 Å². The molecule has 4 aliphatic rings. The molecule has 6 aromatic rings. The van der Waals surface area contributed by atoms with Crippen LogP contribution >= 0.6 is 23.2 Å². The number of carbonyl (C=O) groups excluding carboxylic acids is 4. The molecule has 2 heterocycles. The van der Waals surface area contributed by atoms with Gasteiger partial charge in [0.1, 0.15) is 0 Å². The van der Waals surface area contributed by atoms with E-state index in [1.807, 2.05) is 157 Å². The first-order valence-electron chi connectivity index (χ1n) is 20.7. The number of rotatable bonds is 10. The van der Waals surface area contributed by atoms with Crippen molar-refractivity contribution >= 4 is 58.0 Å². The van der Waals surface area contributed by atoms with Gasteiger partial charge in [0.2, 0.25) is 11.8 Å². The normalized spacial score (nSPS) is 21.7. The van der Waals surface area contributed by atoms with Crippen molar-refractivity contribution in [1.29, 1.82) is 0 Å². The largest absolute Gasteiger partial charge is 0.307 e.